The molecule has 6 nitrogen and oxygen atoms in total. The first-order chi connectivity index (χ1) is 11.7. The first kappa shape index (κ1) is 16.1. The van der Waals surface area contributed by atoms with Gasteiger partial charge in [0.15, 0.2) is 0 Å². The third-order valence-corrected chi connectivity index (χ3v) is 4.17. The Labute approximate surface area is 139 Å². The summed E-state index contributed by atoms with van der Waals surface area (Å²) in [6.07, 6.45) is 5.00. The molecular weight excluding hydrogens is 309 g/mol. The molecule has 1 N–H and O–H groups in total. The normalized spacial score (nSPS) is 13.7. The highest BCUT2D eigenvalue weighted by molar-refractivity contribution is 5.94. The van der Waals surface area contributed by atoms with E-state index in [1.165, 1.54) is 18.6 Å². The summed E-state index contributed by atoms with van der Waals surface area (Å²) in [5, 5.41) is 20.0. The van der Waals surface area contributed by atoms with E-state index in [9.17, 15) is 9.18 Å². The van der Waals surface area contributed by atoms with E-state index in [4.69, 9.17) is 5.26 Å². The predicted molar refractivity (Wildman–Crippen MR) is 84.7 cm³/mol. The Hall–Kier alpha value is -2.75. The first-order valence-electron chi connectivity index (χ1n) is 8.08. The molecular formula is C17H18FN5O. The summed E-state index contributed by atoms with van der Waals surface area (Å²) in [4.78, 5) is 12.1. The fourth-order valence-electron chi connectivity index (χ4n) is 2.87. The Morgan fingerprint density at radius 3 is 3.04 bits per heavy atom. The summed E-state index contributed by atoms with van der Waals surface area (Å²) in [5.74, 6) is 0.942. The van der Waals surface area contributed by atoms with Crippen molar-refractivity contribution in [1.82, 2.24) is 20.1 Å². The molecule has 0 spiro atoms. The Balaban J connectivity index is 1.60. The van der Waals surface area contributed by atoms with Crippen LogP contribution in [0.2, 0.25) is 0 Å². The number of aryl methyl sites for hydroxylation is 1. The van der Waals surface area contributed by atoms with Crippen LogP contribution in [-0.4, -0.2) is 27.2 Å². The number of hydrogen-bond acceptors (Lipinski definition) is 4. The zero-order valence-electron chi connectivity index (χ0n) is 13.3. The fourth-order valence-corrected chi connectivity index (χ4v) is 2.87. The lowest BCUT2D eigenvalue weighted by molar-refractivity contribution is 0.0954. The molecule has 1 amide bonds. The molecule has 0 atom stereocenters. The van der Waals surface area contributed by atoms with E-state index >= 15 is 0 Å². The number of rotatable bonds is 4. The molecule has 0 fully saturated rings. The van der Waals surface area contributed by atoms with Gasteiger partial charge in [0.05, 0.1) is 5.56 Å². The second-order valence-electron chi connectivity index (χ2n) is 5.81. The van der Waals surface area contributed by atoms with Crippen molar-refractivity contribution in [3.63, 3.8) is 0 Å². The minimum Gasteiger partial charge on any atom is -0.352 e. The highest BCUT2D eigenvalue weighted by atomic mass is 19.1. The maximum absolute atomic E-state index is 13.3. The van der Waals surface area contributed by atoms with Crippen LogP contribution in [0.1, 0.15) is 46.8 Å². The summed E-state index contributed by atoms with van der Waals surface area (Å²) in [6.45, 7) is 1.34. The summed E-state index contributed by atoms with van der Waals surface area (Å²) in [7, 11) is 0. The minimum absolute atomic E-state index is 0.134. The summed E-state index contributed by atoms with van der Waals surface area (Å²) >= 11 is 0. The van der Waals surface area contributed by atoms with E-state index in [2.05, 4.69) is 20.1 Å². The van der Waals surface area contributed by atoms with Gasteiger partial charge in [0.25, 0.3) is 5.91 Å². The van der Waals surface area contributed by atoms with Crippen molar-refractivity contribution in [1.29, 1.82) is 5.26 Å². The number of aromatic nitrogens is 3. The molecule has 0 unspecified atom stereocenters. The molecule has 0 radical (unpaired) electrons. The molecule has 2 heterocycles. The van der Waals surface area contributed by atoms with Crippen LogP contribution < -0.4 is 5.32 Å². The van der Waals surface area contributed by atoms with Crippen molar-refractivity contribution < 1.29 is 9.18 Å². The van der Waals surface area contributed by atoms with E-state index in [0.717, 1.165) is 43.5 Å². The zero-order valence-corrected chi connectivity index (χ0v) is 13.3. The third kappa shape index (κ3) is 3.43. The molecule has 1 aromatic carbocycles. The summed E-state index contributed by atoms with van der Waals surface area (Å²) < 4.78 is 15.4. The number of nitriles is 1. The van der Waals surface area contributed by atoms with Crippen molar-refractivity contribution in [2.24, 2.45) is 0 Å². The monoisotopic (exact) mass is 327 g/mol. The average Bonchev–Trinajstić information content (AvgIpc) is 2.82. The number of carbonyl (C=O) groups excluding carboxylic acids is 1. The average molecular weight is 327 g/mol. The number of benzene rings is 1. The van der Waals surface area contributed by atoms with Crippen LogP contribution in [0.15, 0.2) is 18.2 Å². The smallest absolute Gasteiger partial charge is 0.251 e. The zero-order chi connectivity index (χ0) is 16.9. The van der Waals surface area contributed by atoms with Gasteiger partial charge in [-0.05, 0) is 31.0 Å². The van der Waals surface area contributed by atoms with Crippen LogP contribution in [0.25, 0.3) is 0 Å². The molecule has 0 saturated heterocycles. The number of hydrogen-bond donors (Lipinski definition) is 1. The summed E-state index contributed by atoms with van der Waals surface area (Å²) in [6, 6.07) is 5.49. The first-order valence-corrected chi connectivity index (χ1v) is 8.08. The van der Waals surface area contributed by atoms with Crippen LogP contribution in [-0.2, 0) is 19.4 Å². The number of fused-ring (bicyclic) bond motifs is 1. The lowest BCUT2D eigenvalue weighted by Crippen LogP contribution is -2.26. The van der Waals surface area contributed by atoms with Gasteiger partial charge in [-0.2, -0.15) is 5.26 Å². The van der Waals surface area contributed by atoms with E-state index < -0.39 is 5.82 Å². The fraction of sp³-hybridized carbons (Fsp3) is 0.412. The largest absolute Gasteiger partial charge is 0.352 e. The minimum atomic E-state index is -0.625. The molecule has 3 rings (SSSR count). The number of nitrogens with zero attached hydrogens (tertiary/aromatic N) is 4. The van der Waals surface area contributed by atoms with Gasteiger partial charge in [-0.25, -0.2) is 4.39 Å². The van der Waals surface area contributed by atoms with Gasteiger partial charge in [0.2, 0.25) is 0 Å². The standard InChI is InChI=1S/C17H18FN5O/c18-14-6-5-12(10-13(14)11-19)17(24)20-8-7-16-22-21-15-4-2-1-3-9-23(15)16/h5-6,10H,1-4,7-9H2,(H,20,24). The van der Waals surface area contributed by atoms with Crippen molar-refractivity contribution in [2.75, 3.05) is 6.54 Å². The molecule has 1 aliphatic heterocycles. The van der Waals surface area contributed by atoms with Crippen molar-refractivity contribution >= 4 is 5.91 Å². The van der Waals surface area contributed by atoms with Gasteiger partial charge in [-0.15, -0.1) is 10.2 Å². The second kappa shape index (κ2) is 7.21. The highest BCUT2D eigenvalue weighted by Crippen LogP contribution is 2.14. The maximum atomic E-state index is 13.3. The predicted octanol–water partition coefficient (Wildman–Crippen LogP) is 1.99. The van der Waals surface area contributed by atoms with Crippen LogP contribution in [0, 0.1) is 17.1 Å². The second-order valence-corrected chi connectivity index (χ2v) is 5.81. The van der Waals surface area contributed by atoms with Gasteiger partial charge in [-0.1, -0.05) is 6.42 Å². The Bertz CT molecular complexity index is 793. The Morgan fingerprint density at radius 1 is 1.33 bits per heavy atom. The third-order valence-electron chi connectivity index (χ3n) is 4.17. The number of amides is 1. The molecule has 24 heavy (non-hydrogen) atoms. The van der Waals surface area contributed by atoms with Gasteiger partial charge >= 0.3 is 0 Å². The van der Waals surface area contributed by atoms with E-state index in [-0.39, 0.29) is 17.0 Å². The Morgan fingerprint density at radius 2 is 2.21 bits per heavy atom. The lowest BCUT2D eigenvalue weighted by atomic mass is 10.1. The molecule has 1 aliphatic rings. The number of carbonyl (C=O) groups is 1. The Kier molecular flexibility index (Phi) is 4.85. The van der Waals surface area contributed by atoms with Gasteiger partial charge < -0.3 is 9.88 Å². The molecule has 7 heteroatoms. The van der Waals surface area contributed by atoms with Crippen LogP contribution >= 0.6 is 0 Å². The van der Waals surface area contributed by atoms with Gasteiger partial charge in [-0.3, -0.25) is 4.79 Å². The van der Waals surface area contributed by atoms with Crippen LogP contribution in [0.5, 0.6) is 0 Å². The molecule has 2 aromatic rings. The van der Waals surface area contributed by atoms with E-state index in [1.807, 2.05) is 0 Å². The van der Waals surface area contributed by atoms with E-state index in [1.54, 1.807) is 6.07 Å². The van der Waals surface area contributed by atoms with Crippen molar-refractivity contribution in [3.05, 3.63) is 46.8 Å². The number of halogens is 1. The van der Waals surface area contributed by atoms with Crippen LogP contribution in [0.4, 0.5) is 4.39 Å². The molecule has 0 aliphatic carbocycles. The maximum Gasteiger partial charge on any atom is 0.251 e. The van der Waals surface area contributed by atoms with Crippen molar-refractivity contribution in [3.8, 4) is 6.07 Å². The van der Waals surface area contributed by atoms with Crippen molar-refractivity contribution in [2.45, 2.75) is 38.6 Å². The SMILES string of the molecule is N#Cc1cc(C(=O)NCCc2nnc3n2CCCCC3)ccc1F. The molecule has 1 aromatic heterocycles. The highest BCUT2D eigenvalue weighted by Gasteiger charge is 2.15. The van der Waals surface area contributed by atoms with Crippen LogP contribution in [0.3, 0.4) is 0 Å². The molecule has 0 bridgehead atoms. The van der Waals surface area contributed by atoms with E-state index in [0.29, 0.717) is 13.0 Å². The van der Waals surface area contributed by atoms with Gasteiger partial charge in [0.1, 0.15) is 23.5 Å². The summed E-state index contributed by atoms with van der Waals surface area (Å²) in [5.41, 5.74) is 0.137. The van der Waals surface area contributed by atoms with Gasteiger partial charge in [0, 0.05) is 31.5 Å². The molecule has 0 saturated carbocycles. The topological polar surface area (TPSA) is 83.6 Å². The lowest BCUT2D eigenvalue weighted by Gasteiger charge is -2.08. The molecule has 124 valence electrons. The quantitative estimate of drug-likeness (QED) is 0.931. The number of nitrogens with one attached hydrogen (secondary N) is 1.